The summed E-state index contributed by atoms with van der Waals surface area (Å²) in [6, 6.07) is 19.9. The number of fused-ring (bicyclic) bond motifs is 1. The highest BCUT2D eigenvalue weighted by Gasteiger charge is 2.55. The number of hydrogen-bond donors (Lipinski definition) is 3. The van der Waals surface area contributed by atoms with Crippen molar-refractivity contribution in [3.63, 3.8) is 0 Å². The fourth-order valence-electron chi connectivity index (χ4n) is 10.6. The Bertz CT molecular complexity index is 2640. The number of aromatic amines is 1. The molecule has 1 spiro atoms. The van der Waals surface area contributed by atoms with Crippen molar-refractivity contribution in [2.45, 2.75) is 101 Å². The Morgan fingerprint density at radius 2 is 1.74 bits per heavy atom. The normalized spacial score (nSPS) is 21.4. The zero-order valence-corrected chi connectivity index (χ0v) is 36.1. The van der Waals surface area contributed by atoms with Crippen LogP contribution in [0.5, 0.6) is 11.5 Å². The number of nitrogens with zero attached hydrogens (tertiary/aromatic N) is 5. The van der Waals surface area contributed by atoms with E-state index in [0.29, 0.717) is 35.9 Å². The first-order chi connectivity index (χ1) is 29.8. The number of H-pyrrole nitrogens is 1. The van der Waals surface area contributed by atoms with Gasteiger partial charge in [0.05, 0.1) is 22.9 Å². The predicted octanol–water partition coefficient (Wildman–Crippen LogP) is 9.09. The van der Waals surface area contributed by atoms with E-state index in [-0.39, 0.29) is 28.0 Å². The lowest BCUT2D eigenvalue weighted by molar-refractivity contribution is -0.384. The number of ether oxygens (including phenoxy) is 1. The number of likely N-dealkylation sites (tertiary alicyclic amines) is 1. The molecule has 3 N–H and O–H groups in total. The topological polar surface area (TPSA) is 176 Å². The molecule has 5 fully saturated rings. The number of hydrogen-bond acceptors (Lipinski definition) is 11. The molecule has 2 aromatic carbocycles. The van der Waals surface area contributed by atoms with Gasteiger partial charge in [-0.2, -0.15) is 0 Å². The van der Waals surface area contributed by atoms with Crippen molar-refractivity contribution >= 4 is 44.2 Å². The summed E-state index contributed by atoms with van der Waals surface area (Å²) in [4.78, 5) is 41.6. The number of nitro groups is 1. The van der Waals surface area contributed by atoms with Crippen LogP contribution in [-0.2, 0) is 10.0 Å². The zero-order chi connectivity index (χ0) is 42.8. The first-order valence-electron chi connectivity index (χ1n) is 22.1. The van der Waals surface area contributed by atoms with Gasteiger partial charge in [0.1, 0.15) is 22.0 Å². The lowest BCUT2D eigenvalue weighted by atomic mass is 9.60. The Kier molecular flexibility index (Phi) is 10.2. The summed E-state index contributed by atoms with van der Waals surface area (Å²) in [5, 5.41) is 16.0. The third-order valence-corrected chi connectivity index (χ3v) is 15.6. The molecule has 1 amide bonds. The van der Waals surface area contributed by atoms with E-state index in [0.717, 1.165) is 87.4 Å². The molecule has 2 aliphatic heterocycles. The molecule has 0 bridgehead atoms. The minimum atomic E-state index is -4.59. The van der Waals surface area contributed by atoms with E-state index >= 15 is 0 Å². The van der Waals surface area contributed by atoms with Crippen LogP contribution in [0.15, 0.2) is 84.1 Å². The van der Waals surface area contributed by atoms with E-state index in [4.69, 9.17) is 4.74 Å². The molecular formula is C47H54N8O6S. The largest absolute Gasteiger partial charge is 0.455 e. The molecule has 3 aromatic heterocycles. The minimum Gasteiger partial charge on any atom is -0.455 e. The predicted molar refractivity (Wildman–Crippen MR) is 237 cm³/mol. The lowest BCUT2D eigenvalue weighted by Crippen LogP contribution is -2.66. The van der Waals surface area contributed by atoms with Crippen LogP contribution in [0.1, 0.15) is 112 Å². The molecule has 5 heterocycles. The van der Waals surface area contributed by atoms with Crippen molar-refractivity contribution in [3.8, 4) is 11.5 Å². The summed E-state index contributed by atoms with van der Waals surface area (Å²) in [6.45, 7) is 7.89. The maximum Gasteiger partial charge on any atom is 0.312 e. The molecule has 324 valence electrons. The maximum absolute atomic E-state index is 13.9. The van der Waals surface area contributed by atoms with Crippen molar-refractivity contribution < 1.29 is 22.9 Å². The summed E-state index contributed by atoms with van der Waals surface area (Å²) in [5.41, 5.74) is 4.64. The van der Waals surface area contributed by atoms with Crippen LogP contribution in [0.25, 0.3) is 11.0 Å². The van der Waals surface area contributed by atoms with Crippen LogP contribution in [0.3, 0.4) is 0 Å². The second-order valence-electron chi connectivity index (χ2n) is 19.3. The van der Waals surface area contributed by atoms with Gasteiger partial charge in [-0.3, -0.25) is 19.8 Å². The number of anilines is 2. The Hall–Kier alpha value is -5.54. The molecule has 15 heteroatoms. The molecule has 62 heavy (non-hydrogen) atoms. The highest BCUT2D eigenvalue weighted by molar-refractivity contribution is 7.90. The summed E-state index contributed by atoms with van der Waals surface area (Å²) < 4.78 is 35.8. The van der Waals surface area contributed by atoms with Crippen LogP contribution < -0.4 is 19.7 Å². The van der Waals surface area contributed by atoms with Crippen molar-refractivity contribution in [3.05, 3.63) is 106 Å². The number of sulfonamides is 1. The SMILES string of the molecule is CC1(C)CCC(CNc2ncc(S(=O)(=O)NC(=O)c3ccc(N4CC5(CC(N6CCC[C@@H]6c6ccccc6C6CC6)C5)C4)cc3Oc3cnc4[nH]ccc4c3)cc2[N+](=O)[O-])CC1. The summed E-state index contributed by atoms with van der Waals surface area (Å²) in [5.74, 6) is 0.633. The van der Waals surface area contributed by atoms with Crippen LogP contribution in [-0.4, -0.2) is 71.3 Å². The monoisotopic (exact) mass is 858 g/mol. The van der Waals surface area contributed by atoms with Gasteiger partial charge in [0, 0.05) is 66.5 Å². The van der Waals surface area contributed by atoms with Gasteiger partial charge in [-0.15, -0.1) is 0 Å². The van der Waals surface area contributed by atoms with Gasteiger partial charge >= 0.3 is 5.69 Å². The molecule has 14 nitrogen and oxygen atoms in total. The van der Waals surface area contributed by atoms with Crippen molar-refractivity contribution in [1.29, 1.82) is 0 Å². The van der Waals surface area contributed by atoms with Gasteiger partial charge < -0.3 is 19.9 Å². The molecule has 3 saturated carbocycles. The number of nitrogens with one attached hydrogen (secondary N) is 3. The standard InChI is InChI=1S/C47H54N8O6S/c1-46(2)16-13-30(14-17-46)25-49-44-41(55(57)58)22-36(27-51-44)62(59,60)52-45(56)39-12-11-33(21-42(39)61-35-20-32-15-18-48-43(32)50-26-35)53-28-47(29-53)23-34(24-47)54-19-5-8-40(54)38-7-4-3-6-37(38)31-9-10-31/h3-4,6-7,11-12,15,18,20-22,26-27,30-31,34,40H,5,8-10,13-14,16-17,19,23-25,28-29H2,1-2H3,(H,48,50)(H,49,51)(H,52,56)/t40-/m1/s1. The molecule has 0 radical (unpaired) electrons. The molecule has 3 aliphatic carbocycles. The van der Waals surface area contributed by atoms with Gasteiger partial charge in [0.15, 0.2) is 0 Å². The number of amides is 1. The number of rotatable bonds is 13. The number of carbonyl (C=O) groups excluding carboxylic acids is 1. The van der Waals surface area contributed by atoms with Crippen LogP contribution in [0.4, 0.5) is 17.2 Å². The summed E-state index contributed by atoms with van der Waals surface area (Å²) in [7, 11) is -4.59. The number of pyridine rings is 2. The molecule has 0 unspecified atom stereocenters. The Balaban J connectivity index is 0.841. The van der Waals surface area contributed by atoms with Gasteiger partial charge in [0.25, 0.3) is 15.9 Å². The molecule has 1 atom stereocenters. The Morgan fingerprint density at radius 3 is 2.50 bits per heavy atom. The highest BCUT2D eigenvalue weighted by atomic mass is 32.2. The van der Waals surface area contributed by atoms with Gasteiger partial charge in [-0.25, -0.2) is 23.1 Å². The van der Waals surface area contributed by atoms with Crippen molar-refractivity contribution in [2.75, 3.05) is 36.4 Å². The van der Waals surface area contributed by atoms with E-state index in [2.05, 4.69) is 72.9 Å². The second kappa shape index (κ2) is 15.7. The van der Waals surface area contributed by atoms with Gasteiger partial charge in [-0.1, -0.05) is 38.1 Å². The van der Waals surface area contributed by atoms with E-state index in [9.17, 15) is 23.3 Å². The van der Waals surface area contributed by atoms with Gasteiger partial charge in [0.2, 0.25) is 5.82 Å². The average Bonchev–Trinajstić information content (AvgIpc) is 3.77. The van der Waals surface area contributed by atoms with Crippen LogP contribution in [0.2, 0.25) is 0 Å². The van der Waals surface area contributed by atoms with E-state index in [1.165, 1.54) is 31.2 Å². The highest BCUT2D eigenvalue weighted by Crippen LogP contribution is 2.55. The molecule has 2 saturated heterocycles. The van der Waals surface area contributed by atoms with E-state index < -0.39 is 31.4 Å². The quantitative estimate of drug-likeness (QED) is 0.0761. The molecular weight excluding hydrogens is 805 g/mol. The first kappa shape index (κ1) is 40.5. The number of aromatic nitrogens is 3. The first-order valence-corrected chi connectivity index (χ1v) is 23.6. The zero-order valence-electron chi connectivity index (χ0n) is 35.3. The maximum atomic E-state index is 13.9. The number of carbonyl (C=O) groups is 1. The lowest BCUT2D eigenvalue weighted by Gasteiger charge is -2.62. The van der Waals surface area contributed by atoms with Gasteiger partial charge in [-0.05, 0) is 123 Å². The number of benzene rings is 2. The smallest absolute Gasteiger partial charge is 0.312 e. The minimum absolute atomic E-state index is 0.00975. The summed E-state index contributed by atoms with van der Waals surface area (Å²) >= 11 is 0. The summed E-state index contributed by atoms with van der Waals surface area (Å²) in [6.07, 6.45) is 15.8. The third-order valence-electron chi connectivity index (χ3n) is 14.3. The van der Waals surface area contributed by atoms with Crippen LogP contribution in [0, 0.1) is 26.9 Å². The Morgan fingerprint density at radius 1 is 0.968 bits per heavy atom. The van der Waals surface area contributed by atoms with Crippen LogP contribution >= 0.6 is 0 Å². The average molecular weight is 859 g/mol. The van der Waals surface area contributed by atoms with Crippen molar-refractivity contribution in [1.82, 2.24) is 24.6 Å². The Labute approximate surface area is 362 Å². The molecule has 5 aliphatic rings. The molecule has 5 aromatic rings. The fourth-order valence-corrected chi connectivity index (χ4v) is 11.5. The van der Waals surface area contributed by atoms with Crippen molar-refractivity contribution in [2.24, 2.45) is 16.7 Å². The van der Waals surface area contributed by atoms with E-state index in [1.807, 2.05) is 12.1 Å². The van der Waals surface area contributed by atoms with E-state index in [1.54, 1.807) is 36.2 Å². The second-order valence-corrected chi connectivity index (χ2v) is 21.0. The molecule has 10 rings (SSSR count). The third kappa shape index (κ3) is 8.00. The fraction of sp³-hybridized carbons (Fsp3) is 0.468.